The lowest BCUT2D eigenvalue weighted by Crippen LogP contribution is -2.48. The molecule has 3 unspecified atom stereocenters. The van der Waals surface area contributed by atoms with Crippen LogP contribution in [0.25, 0.3) is 0 Å². The number of carbonyl (C=O) groups excluding carboxylic acids is 2. The molecule has 3 atom stereocenters. The van der Waals surface area contributed by atoms with Crippen LogP contribution in [0.15, 0.2) is 0 Å². The van der Waals surface area contributed by atoms with E-state index in [4.69, 9.17) is 5.73 Å². The largest absolute Gasteiger partial charge is 0.355 e. The maximum absolute atomic E-state index is 12.0. The first kappa shape index (κ1) is 16.0. The fourth-order valence-corrected chi connectivity index (χ4v) is 2.57. The second-order valence-corrected chi connectivity index (χ2v) is 5.86. The summed E-state index contributed by atoms with van der Waals surface area (Å²) >= 11 is 0. The summed E-state index contributed by atoms with van der Waals surface area (Å²) in [6.07, 6.45) is 3.33. The normalized spacial score (nSPS) is 27.1. The Morgan fingerprint density at radius 3 is 2.63 bits per heavy atom. The van der Waals surface area contributed by atoms with Crippen LogP contribution < -0.4 is 16.4 Å². The lowest BCUT2D eigenvalue weighted by molar-refractivity contribution is -0.127. The smallest absolute Gasteiger partial charge is 0.224 e. The molecule has 110 valence electrons. The second kappa shape index (κ2) is 7.48. The molecule has 0 aromatic rings. The average molecular weight is 269 g/mol. The van der Waals surface area contributed by atoms with E-state index < -0.39 is 0 Å². The van der Waals surface area contributed by atoms with Crippen LogP contribution in [0.3, 0.4) is 0 Å². The van der Waals surface area contributed by atoms with Crippen LogP contribution in [-0.4, -0.2) is 30.4 Å². The van der Waals surface area contributed by atoms with Crippen molar-refractivity contribution in [3.8, 4) is 0 Å². The zero-order valence-electron chi connectivity index (χ0n) is 12.2. The van der Waals surface area contributed by atoms with Crippen LogP contribution >= 0.6 is 0 Å². The number of hydrogen-bond donors (Lipinski definition) is 3. The van der Waals surface area contributed by atoms with Crippen LogP contribution in [0.4, 0.5) is 0 Å². The van der Waals surface area contributed by atoms with Crippen LogP contribution in [0.2, 0.25) is 0 Å². The van der Waals surface area contributed by atoms with Gasteiger partial charge in [0.2, 0.25) is 11.8 Å². The van der Waals surface area contributed by atoms with Crippen LogP contribution in [0.5, 0.6) is 0 Å². The van der Waals surface area contributed by atoms with E-state index in [9.17, 15) is 9.59 Å². The Morgan fingerprint density at radius 1 is 1.32 bits per heavy atom. The van der Waals surface area contributed by atoms with E-state index in [1.54, 1.807) is 0 Å². The maximum Gasteiger partial charge on any atom is 0.224 e. The molecule has 1 rings (SSSR count). The molecule has 1 aliphatic carbocycles. The predicted octanol–water partition coefficient (Wildman–Crippen LogP) is 0.781. The molecule has 0 saturated heterocycles. The van der Waals surface area contributed by atoms with Gasteiger partial charge in [-0.05, 0) is 32.6 Å². The summed E-state index contributed by atoms with van der Waals surface area (Å²) in [7, 11) is 0. The number of rotatable bonds is 5. The number of carbonyl (C=O) groups is 2. The Morgan fingerprint density at radius 2 is 2.00 bits per heavy atom. The highest BCUT2D eigenvalue weighted by atomic mass is 16.2. The first-order valence-corrected chi connectivity index (χ1v) is 7.24. The summed E-state index contributed by atoms with van der Waals surface area (Å²) in [5.41, 5.74) is 6.08. The maximum atomic E-state index is 12.0. The third-order valence-corrected chi connectivity index (χ3v) is 3.73. The van der Waals surface area contributed by atoms with Gasteiger partial charge in [-0.1, -0.05) is 13.3 Å². The van der Waals surface area contributed by atoms with Gasteiger partial charge in [0, 0.05) is 25.0 Å². The van der Waals surface area contributed by atoms with E-state index in [0.717, 1.165) is 19.3 Å². The molecule has 0 aliphatic heterocycles. The van der Waals surface area contributed by atoms with Crippen molar-refractivity contribution >= 4 is 11.8 Å². The average Bonchev–Trinajstić information content (AvgIpc) is 2.31. The molecule has 4 N–H and O–H groups in total. The molecule has 5 nitrogen and oxygen atoms in total. The quantitative estimate of drug-likeness (QED) is 0.689. The molecule has 0 spiro atoms. The minimum Gasteiger partial charge on any atom is -0.355 e. The van der Waals surface area contributed by atoms with Crippen molar-refractivity contribution in [2.24, 2.45) is 17.6 Å². The molecular formula is C14H27N3O2. The van der Waals surface area contributed by atoms with Crippen LogP contribution in [-0.2, 0) is 9.59 Å². The molecule has 2 amide bonds. The summed E-state index contributed by atoms with van der Waals surface area (Å²) in [5.74, 6) is 0.263. The molecule has 0 heterocycles. The van der Waals surface area contributed by atoms with E-state index >= 15 is 0 Å². The molecule has 0 aromatic heterocycles. The lowest BCUT2D eigenvalue weighted by Gasteiger charge is -2.32. The number of hydrogen-bond acceptors (Lipinski definition) is 3. The highest BCUT2D eigenvalue weighted by Crippen LogP contribution is 2.27. The van der Waals surface area contributed by atoms with E-state index in [1.807, 2.05) is 13.8 Å². The Kier molecular flexibility index (Phi) is 6.28. The fourth-order valence-electron chi connectivity index (χ4n) is 2.57. The van der Waals surface area contributed by atoms with Crippen molar-refractivity contribution in [1.29, 1.82) is 0 Å². The van der Waals surface area contributed by atoms with Crippen molar-refractivity contribution in [3.05, 3.63) is 0 Å². The first-order valence-electron chi connectivity index (χ1n) is 7.24. The fraction of sp³-hybridized carbons (Fsp3) is 0.857. The highest BCUT2D eigenvalue weighted by Gasteiger charge is 2.32. The zero-order chi connectivity index (χ0) is 14.4. The minimum atomic E-state index is -0.100. The Labute approximate surface area is 115 Å². The molecule has 19 heavy (non-hydrogen) atoms. The molecular weight excluding hydrogens is 242 g/mol. The molecule has 1 aliphatic rings. The zero-order valence-corrected chi connectivity index (χ0v) is 12.2. The number of nitrogens with two attached hydrogens (primary N) is 1. The van der Waals surface area contributed by atoms with Gasteiger partial charge in [0.15, 0.2) is 0 Å². The van der Waals surface area contributed by atoms with Gasteiger partial charge < -0.3 is 16.4 Å². The predicted molar refractivity (Wildman–Crippen MR) is 75.4 cm³/mol. The third kappa shape index (κ3) is 5.19. The molecule has 0 bridgehead atoms. The Bertz CT molecular complexity index is 318. The van der Waals surface area contributed by atoms with E-state index in [2.05, 4.69) is 17.6 Å². The van der Waals surface area contributed by atoms with Crippen molar-refractivity contribution in [2.75, 3.05) is 6.54 Å². The van der Waals surface area contributed by atoms with Crippen LogP contribution in [0.1, 0.15) is 46.5 Å². The lowest BCUT2D eigenvalue weighted by atomic mass is 9.78. The van der Waals surface area contributed by atoms with E-state index in [0.29, 0.717) is 18.9 Å². The first-order chi connectivity index (χ1) is 8.91. The third-order valence-electron chi connectivity index (χ3n) is 3.73. The highest BCUT2D eigenvalue weighted by molar-refractivity contribution is 5.81. The Balaban J connectivity index is 2.29. The van der Waals surface area contributed by atoms with Crippen LogP contribution in [0, 0.1) is 11.8 Å². The van der Waals surface area contributed by atoms with Crippen molar-refractivity contribution < 1.29 is 9.59 Å². The second-order valence-electron chi connectivity index (χ2n) is 5.86. The van der Waals surface area contributed by atoms with Gasteiger partial charge in [0.05, 0.1) is 5.92 Å². The summed E-state index contributed by atoms with van der Waals surface area (Å²) in [4.78, 5) is 23.5. The van der Waals surface area contributed by atoms with Gasteiger partial charge in [-0.3, -0.25) is 9.59 Å². The van der Waals surface area contributed by atoms with Crippen molar-refractivity contribution in [1.82, 2.24) is 10.6 Å². The number of amides is 2. The number of nitrogens with one attached hydrogen (secondary N) is 2. The standard InChI is InChI=1S/C14H27N3O2/c1-9(2)17-12(18)7-8-16-14(19)11-6-4-5-10(3)13(11)15/h9-11,13H,4-8,15H2,1-3H3,(H,16,19)(H,17,18). The summed E-state index contributed by atoms with van der Waals surface area (Å²) < 4.78 is 0. The van der Waals surface area contributed by atoms with Gasteiger partial charge in [-0.15, -0.1) is 0 Å². The molecule has 5 heteroatoms. The van der Waals surface area contributed by atoms with E-state index in [-0.39, 0.29) is 29.8 Å². The molecule has 0 aromatic carbocycles. The van der Waals surface area contributed by atoms with Gasteiger partial charge in [0.1, 0.15) is 0 Å². The monoisotopic (exact) mass is 269 g/mol. The minimum absolute atomic E-state index is 0.00334. The van der Waals surface area contributed by atoms with Gasteiger partial charge in [0.25, 0.3) is 0 Å². The summed E-state index contributed by atoms with van der Waals surface area (Å²) in [5, 5.41) is 5.62. The molecule has 0 radical (unpaired) electrons. The molecule has 1 fully saturated rings. The van der Waals surface area contributed by atoms with Gasteiger partial charge in [-0.2, -0.15) is 0 Å². The van der Waals surface area contributed by atoms with Crippen molar-refractivity contribution in [3.63, 3.8) is 0 Å². The van der Waals surface area contributed by atoms with Gasteiger partial charge in [-0.25, -0.2) is 0 Å². The van der Waals surface area contributed by atoms with Crippen molar-refractivity contribution in [2.45, 2.75) is 58.5 Å². The molecule has 1 saturated carbocycles. The Hall–Kier alpha value is -1.10. The van der Waals surface area contributed by atoms with Gasteiger partial charge >= 0.3 is 0 Å². The van der Waals surface area contributed by atoms with E-state index in [1.165, 1.54) is 0 Å². The summed E-state index contributed by atoms with van der Waals surface area (Å²) in [6, 6.07) is 0.0778. The topological polar surface area (TPSA) is 84.2 Å². The SMILES string of the molecule is CC(C)NC(=O)CCNC(=O)C1CCCC(C)C1N. The summed E-state index contributed by atoms with van der Waals surface area (Å²) in [6.45, 7) is 6.31.